The van der Waals surface area contributed by atoms with Crippen molar-refractivity contribution in [3.8, 4) is 10.6 Å². The van der Waals surface area contributed by atoms with E-state index in [1.54, 1.807) is 11.3 Å². The molecule has 0 radical (unpaired) electrons. The van der Waals surface area contributed by atoms with E-state index in [1.165, 1.54) is 20.6 Å². The molecular weight excluding hydrogens is 328 g/mol. The third kappa shape index (κ3) is 4.17. The van der Waals surface area contributed by atoms with Crippen molar-refractivity contribution >= 4 is 27.2 Å². The van der Waals surface area contributed by atoms with Crippen molar-refractivity contribution in [1.82, 2.24) is 14.5 Å². The highest BCUT2D eigenvalue weighted by Crippen LogP contribution is 2.30. The lowest BCUT2D eigenvalue weighted by Gasteiger charge is -2.18. The number of fused-ring (bicyclic) bond motifs is 2. The summed E-state index contributed by atoms with van der Waals surface area (Å²) in [6.45, 7) is 8.64. The molecule has 0 aromatic heterocycles. The third-order valence-electron chi connectivity index (χ3n) is 4.53. The molecule has 0 saturated heterocycles. The predicted octanol–water partition coefficient (Wildman–Crippen LogP) is 3.19. The minimum Gasteiger partial charge on any atom is -0.384 e. The first-order chi connectivity index (χ1) is 12.1. The Kier molecular flexibility index (Phi) is 5.66. The first kappa shape index (κ1) is 17.8. The molecule has 0 bridgehead atoms. The molecule has 0 unspecified atom stereocenters. The van der Waals surface area contributed by atoms with E-state index in [0.29, 0.717) is 0 Å². The van der Waals surface area contributed by atoms with Crippen LogP contribution in [0.5, 0.6) is 0 Å². The molecule has 4 nitrogen and oxygen atoms in total. The zero-order valence-electron chi connectivity index (χ0n) is 15.5. The predicted molar refractivity (Wildman–Crippen MR) is 110 cm³/mol. The molecule has 1 heterocycles. The Labute approximate surface area is 153 Å². The Morgan fingerprint density at radius 2 is 1.88 bits per heavy atom. The fourth-order valence-electron chi connectivity index (χ4n) is 2.90. The monoisotopic (exact) mass is 355 g/mol. The van der Waals surface area contributed by atoms with Gasteiger partial charge in [-0.15, -0.1) is 11.3 Å². The molecule has 0 fully saturated rings. The summed E-state index contributed by atoms with van der Waals surface area (Å²) >= 11 is 1.81. The SMILES string of the molecule is CCN(CC)CCNc1ccc2nc3ccc(=[N+](C)C)cc-3sc2c1. The van der Waals surface area contributed by atoms with Crippen LogP contribution in [0.1, 0.15) is 13.8 Å². The molecule has 0 saturated carbocycles. The van der Waals surface area contributed by atoms with Crippen molar-refractivity contribution in [2.24, 2.45) is 0 Å². The molecule has 1 aromatic rings. The normalized spacial score (nSPS) is 11.4. The van der Waals surface area contributed by atoms with Gasteiger partial charge in [-0.3, -0.25) is 0 Å². The van der Waals surface area contributed by atoms with Gasteiger partial charge in [0.15, 0.2) is 0 Å². The van der Waals surface area contributed by atoms with Crippen molar-refractivity contribution < 1.29 is 0 Å². The van der Waals surface area contributed by atoms with Gasteiger partial charge in [-0.1, -0.05) is 13.8 Å². The molecule has 25 heavy (non-hydrogen) atoms. The maximum Gasteiger partial charge on any atom is 0.201 e. The molecule has 0 spiro atoms. The van der Waals surface area contributed by atoms with Crippen LogP contribution in [-0.2, 0) is 0 Å². The molecule has 2 aliphatic rings. The van der Waals surface area contributed by atoms with Gasteiger partial charge >= 0.3 is 0 Å². The molecule has 0 amide bonds. The molecule has 1 aliphatic carbocycles. The highest BCUT2D eigenvalue weighted by Gasteiger charge is 2.09. The minimum atomic E-state index is 0.962. The van der Waals surface area contributed by atoms with Crippen molar-refractivity contribution in [3.05, 3.63) is 41.8 Å². The molecule has 1 aliphatic heterocycles. The highest BCUT2D eigenvalue weighted by molar-refractivity contribution is 7.21. The minimum absolute atomic E-state index is 0.962. The number of nitrogens with one attached hydrogen (secondary N) is 1. The Hall–Kier alpha value is -1.98. The fraction of sp³-hybridized carbons (Fsp3) is 0.400. The van der Waals surface area contributed by atoms with E-state index >= 15 is 0 Å². The summed E-state index contributed by atoms with van der Waals surface area (Å²) in [5.74, 6) is 0. The van der Waals surface area contributed by atoms with E-state index in [0.717, 1.165) is 37.4 Å². The molecule has 0 atom stereocenters. The van der Waals surface area contributed by atoms with Gasteiger partial charge in [-0.25, -0.2) is 9.56 Å². The van der Waals surface area contributed by atoms with Crippen LogP contribution in [0.4, 0.5) is 5.69 Å². The van der Waals surface area contributed by atoms with Gasteiger partial charge in [0.05, 0.1) is 20.8 Å². The lowest BCUT2D eigenvalue weighted by molar-refractivity contribution is 0.316. The van der Waals surface area contributed by atoms with Crippen molar-refractivity contribution in [2.75, 3.05) is 45.6 Å². The van der Waals surface area contributed by atoms with E-state index in [1.807, 2.05) is 0 Å². The van der Waals surface area contributed by atoms with Crippen LogP contribution < -0.4 is 15.2 Å². The lowest BCUT2D eigenvalue weighted by atomic mass is 10.2. The zero-order valence-corrected chi connectivity index (χ0v) is 16.4. The van der Waals surface area contributed by atoms with Crippen LogP contribution in [0.2, 0.25) is 0 Å². The third-order valence-corrected chi connectivity index (χ3v) is 5.63. The number of anilines is 1. The van der Waals surface area contributed by atoms with Crippen molar-refractivity contribution in [3.63, 3.8) is 0 Å². The van der Waals surface area contributed by atoms with Crippen molar-refractivity contribution in [2.45, 2.75) is 13.8 Å². The van der Waals surface area contributed by atoms with Gasteiger partial charge in [0.1, 0.15) is 14.1 Å². The van der Waals surface area contributed by atoms with Gasteiger partial charge < -0.3 is 10.2 Å². The highest BCUT2D eigenvalue weighted by atomic mass is 32.1. The van der Waals surface area contributed by atoms with Crippen LogP contribution in [0.25, 0.3) is 20.8 Å². The van der Waals surface area contributed by atoms with Gasteiger partial charge in [0.25, 0.3) is 0 Å². The largest absolute Gasteiger partial charge is 0.384 e. The van der Waals surface area contributed by atoms with Gasteiger partial charge in [-0.2, -0.15) is 0 Å². The van der Waals surface area contributed by atoms with Gasteiger partial charge in [0, 0.05) is 30.9 Å². The fourth-order valence-corrected chi connectivity index (χ4v) is 3.94. The van der Waals surface area contributed by atoms with E-state index in [2.05, 4.69) is 79.1 Å². The van der Waals surface area contributed by atoms with E-state index < -0.39 is 0 Å². The smallest absolute Gasteiger partial charge is 0.201 e. The van der Waals surface area contributed by atoms with Crippen LogP contribution in [0, 0.1) is 0 Å². The summed E-state index contributed by atoms with van der Waals surface area (Å²) in [6.07, 6.45) is 0. The second-order valence-electron chi connectivity index (χ2n) is 6.40. The van der Waals surface area contributed by atoms with E-state index in [4.69, 9.17) is 4.98 Å². The maximum absolute atomic E-state index is 4.81. The average Bonchev–Trinajstić information content (AvgIpc) is 2.63. The molecule has 5 heteroatoms. The zero-order chi connectivity index (χ0) is 17.8. The summed E-state index contributed by atoms with van der Waals surface area (Å²) < 4.78 is 3.35. The Morgan fingerprint density at radius 1 is 1.08 bits per heavy atom. The molecule has 1 N–H and O–H groups in total. The second kappa shape index (κ2) is 7.93. The Bertz CT molecular complexity index is 892. The number of likely N-dealkylation sites (N-methyl/N-ethyl adjacent to an activating group) is 1. The van der Waals surface area contributed by atoms with Gasteiger partial charge in [0.2, 0.25) is 5.36 Å². The molecular formula is C20H27N4S+. The number of hydrogen-bond acceptors (Lipinski definition) is 4. The van der Waals surface area contributed by atoms with Crippen molar-refractivity contribution in [1.29, 1.82) is 0 Å². The van der Waals surface area contributed by atoms with E-state index in [-0.39, 0.29) is 0 Å². The topological polar surface area (TPSA) is 31.2 Å². The van der Waals surface area contributed by atoms with Gasteiger partial charge in [-0.05, 0) is 37.4 Å². The summed E-state index contributed by atoms with van der Waals surface area (Å²) in [5, 5.41) is 4.75. The standard InChI is InChI=1S/C20H26N4S/c1-5-24(6-2)12-11-21-15-7-9-17-19(13-15)25-20-14-16(23(3)4)8-10-18(20)22-17/h7-10,13-14H,5-6,11-12H2,1-4H3/p+1. The number of nitrogens with zero attached hydrogens (tertiary/aromatic N) is 3. The average molecular weight is 356 g/mol. The van der Waals surface area contributed by atoms with Crippen LogP contribution >= 0.6 is 11.3 Å². The summed E-state index contributed by atoms with van der Waals surface area (Å²) in [5.41, 5.74) is 3.29. The van der Waals surface area contributed by atoms with Crippen LogP contribution in [0.3, 0.4) is 0 Å². The van der Waals surface area contributed by atoms with Crippen LogP contribution in [-0.4, -0.2) is 50.2 Å². The Morgan fingerprint density at radius 3 is 2.60 bits per heavy atom. The van der Waals surface area contributed by atoms with Crippen LogP contribution in [0.15, 0.2) is 36.4 Å². The summed E-state index contributed by atoms with van der Waals surface area (Å²) in [4.78, 5) is 8.46. The first-order valence-corrected chi connectivity index (χ1v) is 9.73. The summed E-state index contributed by atoms with van der Waals surface area (Å²) in [7, 11) is 4.14. The lowest BCUT2D eigenvalue weighted by Crippen LogP contribution is -2.28. The molecule has 1 aromatic carbocycles. The molecule has 3 rings (SSSR count). The summed E-state index contributed by atoms with van der Waals surface area (Å²) in [6, 6.07) is 12.9. The number of aromatic nitrogens is 1. The number of rotatable bonds is 6. The van der Waals surface area contributed by atoms with E-state index in [9.17, 15) is 0 Å². The molecule has 132 valence electrons. The quantitative estimate of drug-likeness (QED) is 0.544. The number of benzene rings is 2. The second-order valence-corrected chi connectivity index (χ2v) is 7.48. The maximum atomic E-state index is 4.81. The Balaban J connectivity index is 1.87. The first-order valence-electron chi connectivity index (χ1n) is 8.92. The number of hydrogen-bond donors (Lipinski definition) is 1.